The fourth-order valence-electron chi connectivity index (χ4n) is 3.67. The monoisotopic (exact) mass is 380 g/mol. The Hall–Kier alpha value is -3.02. The predicted molar refractivity (Wildman–Crippen MR) is 105 cm³/mol. The molecule has 0 bridgehead atoms. The molecule has 6 heteroatoms. The third-order valence-corrected chi connectivity index (χ3v) is 5.17. The van der Waals surface area contributed by atoms with Crippen LogP contribution in [-0.4, -0.2) is 17.6 Å². The number of fused-ring (bicyclic) bond motifs is 1. The molecule has 1 saturated carbocycles. The molecule has 2 N–H and O–H groups in total. The molecule has 2 aliphatic rings. The second-order valence-electron chi connectivity index (χ2n) is 7.40. The zero-order chi connectivity index (χ0) is 19.6. The summed E-state index contributed by atoms with van der Waals surface area (Å²) in [5, 5.41) is 5.64. The van der Waals surface area contributed by atoms with Crippen molar-refractivity contribution < 1.29 is 19.1 Å². The Kier molecular flexibility index (Phi) is 4.94. The van der Waals surface area contributed by atoms with Crippen LogP contribution < -0.4 is 20.1 Å². The van der Waals surface area contributed by atoms with Crippen LogP contribution in [0.5, 0.6) is 11.5 Å². The van der Waals surface area contributed by atoms with Crippen LogP contribution in [-0.2, 0) is 11.3 Å². The number of amides is 2. The van der Waals surface area contributed by atoms with Gasteiger partial charge in [0.25, 0.3) is 11.7 Å². The van der Waals surface area contributed by atoms with Gasteiger partial charge in [0.1, 0.15) is 0 Å². The van der Waals surface area contributed by atoms with Crippen molar-refractivity contribution in [2.75, 3.05) is 5.32 Å². The molecule has 146 valence electrons. The van der Waals surface area contributed by atoms with E-state index in [0.717, 1.165) is 37.0 Å². The summed E-state index contributed by atoms with van der Waals surface area (Å²) in [6.07, 6.45) is 5.23. The van der Waals surface area contributed by atoms with E-state index >= 15 is 0 Å². The smallest absolute Gasteiger partial charge is 0.255 e. The molecular weight excluding hydrogens is 356 g/mol. The minimum Gasteiger partial charge on any atom is -0.448 e. The highest BCUT2D eigenvalue weighted by Crippen LogP contribution is 2.46. The molecule has 6 nitrogen and oxygen atoms in total. The van der Waals surface area contributed by atoms with E-state index in [1.54, 1.807) is 12.1 Å². The molecule has 2 aromatic carbocycles. The fourth-order valence-corrected chi connectivity index (χ4v) is 3.67. The van der Waals surface area contributed by atoms with E-state index < -0.39 is 5.79 Å². The number of ether oxygens (including phenoxy) is 2. The molecule has 0 atom stereocenters. The van der Waals surface area contributed by atoms with Crippen molar-refractivity contribution in [3.8, 4) is 11.5 Å². The zero-order valence-electron chi connectivity index (χ0n) is 15.9. The van der Waals surface area contributed by atoms with Crippen molar-refractivity contribution in [2.24, 2.45) is 0 Å². The number of carbonyl (C=O) groups excluding carboxylic acids is 2. The standard InChI is InChI=1S/C22H24N2O4/c1-15(25)23-14-16-5-7-17(8-6-16)21(26)24-18-9-10-19-20(13-18)28-22(27-19)11-3-2-4-12-22/h5-10,13H,2-4,11-12,14H2,1H3,(H,23,25)(H,24,26). The SMILES string of the molecule is CC(=O)NCc1ccc(C(=O)Nc2ccc3c(c2)OC2(CCCCC2)O3)cc1. The summed E-state index contributed by atoms with van der Waals surface area (Å²) in [7, 11) is 0. The summed E-state index contributed by atoms with van der Waals surface area (Å²) in [5.74, 6) is 0.622. The molecule has 0 saturated heterocycles. The van der Waals surface area contributed by atoms with Crippen LogP contribution in [0.1, 0.15) is 54.9 Å². The summed E-state index contributed by atoms with van der Waals surface area (Å²) in [6.45, 7) is 1.92. The van der Waals surface area contributed by atoms with E-state index in [2.05, 4.69) is 10.6 Å². The van der Waals surface area contributed by atoms with Gasteiger partial charge in [0, 0.05) is 43.6 Å². The summed E-state index contributed by atoms with van der Waals surface area (Å²) in [4.78, 5) is 23.5. The number of anilines is 1. The lowest BCUT2D eigenvalue weighted by Gasteiger charge is -2.31. The molecule has 1 fully saturated rings. The van der Waals surface area contributed by atoms with Crippen molar-refractivity contribution in [1.82, 2.24) is 5.32 Å². The average Bonchev–Trinajstić information content (AvgIpc) is 3.03. The first-order valence-electron chi connectivity index (χ1n) is 9.70. The Balaban J connectivity index is 1.40. The number of hydrogen-bond acceptors (Lipinski definition) is 4. The summed E-state index contributed by atoms with van der Waals surface area (Å²) < 4.78 is 12.2. The van der Waals surface area contributed by atoms with Crippen LogP contribution in [0.2, 0.25) is 0 Å². The van der Waals surface area contributed by atoms with Gasteiger partial charge in [-0.05, 0) is 42.7 Å². The Bertz CT molecular complexity index is 886. The van der Waals surface area contributed by atoms with Gasteiger partial charge in [-0.3, -0.25) is 9.59 Å². The van der Waals surface area contributed by atoms with E-state index in [4.69, 9.17) is 9.47 Å². The molecule has 0 aromatic heterocycles. The third-order valence-electron chi connectivity index (χ3n) is 5.17. The highest BCUT2D eigenvalue weighted by atomic mass is 16.7. The van der Waals surface area contributed by atoms with Crippen LogP contribution in [0.3, 0.4) is 0 Å². The lowest BCUT2D eigenvalue weighted by atomic mass is 9.94. The second-order valence-corrected chi connectivity index (χ2v) is 7.40. The van der Waals surface area contributed by atoms with Gasteiger partial charge >= 0.3 is 0 Å². The number of hydrogen-bond donors (Lipinski definition) is 2. The van der Waals surface area contributed by atoms with Gasteiger partial charge in [-0.2, -0.15) is 0 Å². The Morgan fingerprint density at radius 3 is 2.39 bits per heavy atom. The van der Waals surface area contributed by atoms with Crippen LogP contribution in [0, 0.1) is 0 Å². The minimum absolute atomic E-state index is 0.0837. The number of nitrogens with one attached hydrogen (secondary N) is 2. The van der Waals surface area contributed by atoms with Crippen molar-refractivity contribution >= 4 is 17.5 Å². The van der Waals surface area contributed by atoms with E-state index in [1.807, 2.05) is 30.3 Å². The molecule has 1 spiro atoms. The number of carbonyl (C=O) groups is 2. The van der Waals surface area contributed by atoms with Crippen LogP contribution in [0.4, 0.5) is 5.69 Å². The topological polar surface area (TPSA) is 76.7 Å². The van der Waals surface area contributed by atoms with E-state index in [9.17, 15) is 9.59 Å². The highest BCUT2D eigenvalue weighted by molar-refractivity contribution is 6.04. The number of benzene rings is 2. The predicted octanol–water partition coefficient (Wildman–Crippen LogP) is 4.01. The van der Waals surface area contributed by atoms with Crippen molar-refractivity contribution in [3.63, 3.8) is 0 Å². The molecular formula is C22H24N2O4. The van der Waals surface area contributed by atoms with Gasteiger partial charge in [0.15, 0.2) is 11.5 Å². The molecule has 4 rings (SSSR count). The Labute approximate surface area is 164 Å². The second kappa shape index (κ2) is 7.54. The van der Waals surface area contributed by atoms with Crippen LogP contribution in [0.15, 0.2) is 42.5 Å². The summed E-state index contributed by atoms with van der Waals surface area (Å²) in [5.41, 5.74) is 2.16. The van der Waals surface area contributed by atoms with Gasteiger partial charge in [-0.15, -0.1) is 0 Å². The maximum absolute atomic E-state index is 12.5. The van der Waals surface area contributed by atoms with Crippen molar-refractivity contribution in [1.29, 1.82) is 0 Å². The summed E-state index contributed by atoms with van der Waals surface area (Å²) >= 11 is 0. The molecule has 1 aliphatic carbocycles. The van der Waals surface area contributed by atoms with Crippen molar-refractivity contribution in [2.45, 2.75) is 51.4 Å². The molecule has 28 heavy (non-hydrogen) atoms. The van der Waals surface area contributed by atoms with Gasteiger partial charge in [0.2, 0.25) is 5.91 Å². The summed E-state index contributed by atoms with van der Waals surface area (Å²) in [6, 6.07) is 12.7. The average molecular weight is 380 g/mol. The third kappa shape index (κ3) is 3.96. The molecule has 0 unspecified atom stereocenters. The largest absolute Gasteiger partial charge is 0.448 e. The zero-order valence-corrected chi connectivity index (χ0v) is 15.9. The van der Waals surface area contributed by atoms with Gasteiger partial charge in [-0.1, -0.05) is 18.6 Å². The quantitative estimate of drug-likeness (QED) is 0.840. The minimum atomic E-state index is -0.521. The first kappa shape index (κ1) is 18.3. The van der Waals surface area contributed by atoms with E-state index in [1.165, 1.54) is 13.3 Å². The fraction of sp³-hybridized carbons (Fsp3) is 0.364. The van der Waals surface area contributed by atoms with E-state index in [0.29, 0.717) is 23.5 Å². The molecule has 0 radical (unpaired) electrons. The Morgan fingerprint density at radius 2 is 1.68 bits per heavy atom. The van der Waals surface area contributed by atoms with Crippen molar-refractivity contribution in [3.05, 3.63) is 53.6 Å². The molecule has 2 amide bonds. The molecule has 1 aliphatic heterocycles. The maximum Gasteiger partial charge on any atom is 0.255 e. The highest BCUT2D eigenvalue weighted by Gasteiger charge is 2.42. The first-order valence-corrected chi connectivity index (χ1v) is 9.70. The maximum atomic E-state index is 12.5. The molecule has 2 aromatic rings. The van der Waals surface area contributed by atoms with Gasteiger partial charge in [-0.25, -0.2) is 0 Å². The molecule has 1 heterocycles. The van der Waals surface area contributed by atoms with E-state index in [-0.39, 0.29) is 11.8 Å². The van der Waals surface area contributed by atoms with Crippen LogP contribution >= 0.6 is 0 Å². The van der Waals surface area contributed by atoms with Gasteiger partial charge in [0.05, 0.1) is 0 Å². The normalized spacial score (nSPS) is 16.6. The number of rotatable bonds is 4. The lowest BCUT2D eigenvalue weighted by Crippen LogP contribution is -2.40. The van der Waals surface area contributed by atoms with Gasteiger partial charge < -0.3 is 20.1 Å². The lowest BCUT2D eigenvalue weighted by molar-refractivity contribution is -0.119. The first-order chi connectivity index (χ1) is 13.5. The van der Waals surface area contributed by atoms with Crippen LogP contribution in [0.25, 0.3) is 0 Å². The Morgan fingerprint density at radius 1 is 0.964 bits per heavy atom.